The van der Waals surface area contributed by atoms with Gasteiger partial charge in [-0.3, -0.25) is 14.4 Å². The summed E-state index contributed by atoms with van der Waals surface area (Å²) >= 11 is 0. The predicted octanol–water partition coefficient (Wildman–Crippen LogP) is 1.93. The van der Waals surface area contributed by atoms with E-state index in [2.05, 4.69) is 32.7 Å². The topological polar surface area (TPSA) is 63.1 Å². The van der Waals surface area contributed by atoms with Gasteiger partial charge in [-0.1, -0.05) is 35.5 Å². The smallest absolute Gasteiger partial charge is 0.224 e. The Morgan fingerprint density at radius 2 is 2.04 bits per heavy atom. The number of aromatic nitrogens is 3. The minimum absolute atomic E-state index is 0.177. The zero-order chi connectivity index (χ0) is 17.5. The molecule has 4 heterocycles. The molecule has 6 heteroatoms. The van der Waals surface area contributed by atoms with E-state index >= 15 is 0 Å². The zero-order valence-corrected chi connectivity index (χ0v) is 14.9. The number of rotatable bonds is 5. The summed E-state index contributed by atoms with van der Waals surface area (Å²) in [5.74, 6) is 0.977. The zero-order valence-electron chi connectivity index (χ0n) is 14.9. The fourth-order valence-electron chi connectivity index (χ4n) is 4.51. The second-order valence-electron chi connectivity index (χ2n) is 8.01. The van der Waals surface area contributed by atoms with E-state index in [0.29, 0.717) is 18.0 Å². The third kappa shape index (κ3) is 3.14. The number of hydrogen-bond donors (Lipinski definition) is 1. The lowest BCUT2D eigenvalue weighted by molar-refractivity contribution is -0.133. The van der Waals surface area contributed by atoms with Crippen LogP contribution < -0.4 is 5.32 Å². The van der Waals surface area contributed by atoms with Crippen LogP contribution in [0.15, 0.2) is 36.5 Å². The molecule has 136 valence electrons. The Labute approximate surface area is 153 Å². The number of fused-ring (bicyclic) bond motifs is 3. The lowest BCUT2D eigenvalue weighted by Crippen LogP contribution is -2.58. The molecular formula is C20H25N5O. The minimum atomic E-state index is 0.177. The van der Waals surface area contributed by atoms with Gasteiger partial charge in [0.05, 0.1) is 18.7 Å². The van der Waals surface area contributed by atoms with E-state index in [-0.39, 0.29) is 11.8 Å². The highest BCUT2D eigenvalue weighted by molar-refractivity contribution is 5.80. The van der Waals surface area contributed by atoms with Gasteiger partial charge in [-0.25, -0.2) is 0 Å². The molecule has 2 bridgehead atoms. The normalized spacial score (nSPS) is 30.3. The molecule has 1 aromatic carbocycles. The van der Waals surface area contributed by atoms with E-state index in [4.69, 9.17) is 0 Å². The van der Waals surface area contributed by atoms with Crippen molar-refractivity contribution < 1.29 is 4.79 Å². The average Bonchev–Trinajstić information content (AvgIpc) is 3.38. The molecular weight excluding hydrogens is 326 g/mol. The lowest BCUT2D eigenvalue weighted by Gasteiger charge is -2.49. The first-order valence-electron chi connectivity index (χ1n) is 9.76. The van der Waals surface area contributed by atoms with Crippen molar-refractivity contribution in [2.24, 2.45) is 11.8 Å². The van der Waals surface area contributed by atoms with Crippen LogP contribution in [-0.2, 0) is 11.3 Å². The van der Waals surface area contributed by atoms with Crippen LogP contribution in [0.4, 0.5) is 0 Å². The van der Waals surface area contributed by atoms with Crippen LogP contribution in [0.1, 0.15) is 25.7 Å². The Bertz CT molecular complexity index is 785. The first-order chi connectivity index (χ1) is 12.8. The van der Waals surface area contributed by atoms with Crippen molar-refractivity contribution in [3.05, 3.63) is 36.5 Å². The van der Waals surface area contributed by atoms with Crippen molar-refractivity contribution in [2.45, 2.75) is 44.3 Å². The van der Waals surface area contributed by atoms with E-state index in [1.807, 2.05) is 29.1 Å². The number of benzene rings is 1. The molecule has 3 saturated heterocycles. The van der Waals surface area contributed by atoms with Crippen LogP contribution in [0.5, 0.6) is 0 Å². The van der Waals surface area contributed by atoms with Crippen LogP contribution in [-0.4, -0.2) is 51.0 Å². The molecule has 3 aliphatic heterocycles. The maximum Gasteiger partial charge on any atom is 0.224 e. The highest BCUT2D eigenvalue weighted by Gasteiger charge is 2.44. The number of carbonyl (C=O) groups is 1. The molecule has 1 aromatic heterocycles. The van der Waals surface area contributed by atoms with Crippen LogP contribution in [0.3, 0.4) is 0 Å². The van der Waals surface area contributed by atoms with Crippen molar-refractivity contribution in [3.63, 3.8) is 0 Å². The molecule has 6 nitrogen and oxygen atoms in total. The molecule has 4 atom stereocenters. The fourth-order valence-corrected chi connectivity index (χ4v) is 4.51. The fraction of sp³-hybridized carbons (Fsp3) is 0.550. The third-order valence-corrected chi connectivity index (χ3v) is 6.15. The summed E-state index contributed by atoms with van der Waals surface area (Å²) in [4.78, 5) is 15.0. The molecule has 4 aliphatic rings. The van der Waals surface area contributed by atoms with Crippen LogP contribution in [0, 0.1) is 11.8 Å². The largest absolute Gasteiger partial charge is 0.353 e. The van der Waals surface area contributed by atoms with Crippen molar-refractivity contribution in [1.82, 2.24) is 25.2 Å². The first-order valence-corrected chi connectivity index (χ1v) is 9.76. The monoisotopic (exact) mass is 351 g/mol. The molecule has 1 saturated carbocycles. The Balaban J connectivity index is 1.24. The van der Waals surface area contributed by atoms with Gasteiger partial charge >= 0.3 is 0 Å². The van der Waals surface area contributed by atoms with Crippen LogP contribution in [0.2, 0.25) is 0 Å². The van der Waals surface area contributed by atoms with Crippen molar-refractivity contribution in [3.8, 4) is 11.3 Å². The van der Waals surface area contributed by atoms with E-state index in [0.717, 1.165) is 56.6 Å². The molecule has 1 N–H and O–H groups in total. The quantitative estimate of drug-likeness (QED) is 0.894. The molecule has 2 aromatic rings. The van der Waals surface area contributed by atoms with Gasteiger partial charge in [-0.2, -0.15) is 0 Å². The van der Waals surface area contributed by atoms with Gasteiger partial charge < -0.3 is 5.32 Å². The van der Waals surface area contributed by atoms with Gasteiger partial charge in [0.25, 0.3) is 0 Å². The second-order valence-corrected chi connectivity index (χ2v) is 8.01. The van der Waals surface area contributed by atoms with E-state index in [1.165, 1.54) is 0 Å². The molecule has 0 spiro atoms. The molecule has 1 unspecified atom stereocenters. The summed E-state index contributed by atoms with van der Waals surface area (Å²) in [6.45, 7) is 2.85. The van der Waals surface area contributed by atoms with Gasteiger partial charge in [-0.15, -0.1) is 5.10 Å². The minimum Gasteiger partial charge on any atom is -0.353 e. The summed E-state index contributed by atoms with van der Waals surface area (Å²) in [5, 5.41) is 11.9. The standard InChI is InChI=1S/C20H25N5O/c26-20(21-16-6-7-16)18-12-24-9-8-15(18)10-17(24)11-25-13-19(22-23-25)14-4-2-1-3-5-14/h1-5,13,15-18H,6-12H2,(H,21,26)/t15-,17-,18+/m1/s1. The Morgan fingerprint density at radius 3 is 2.77 bits per heavy atom. The van der Waals surface area contributed by atoms with Crippen LogP contribution in [0.25, 0.3) is 11.3 Å². The second kappa shape index (κ2) is 6.50. The summed E-state index contributed by atoms with van der Waals surface area (Å²) in [6.07, 6.45) is 6.59. The lowest BCUT2D eigenvalue weighted by atomic mass is 9.75. The Morgan fingerprint density at radius 1 is 1.19 bits per heavy atom. The summed E-state index contributed by atoms with van der Waals surface area (Å²) in [7, 11) is 0. The number of piperidine rings is 3. The highest BCUT2D eigenvalue weighted by atomic mass is 16.2. The number of amides is 1. The predicted molar refractivity (Wildman–Crippen MR) is 98.2 cm³/mol. The number of nitrogens with one attached hydrogen (secondary N) is 1. The SMILES string of the molecule is O=C(NC1CC1)[C@H]1CN2CC[C@@H]1C[C@@H]2Cn1cc(-c2ccccc2)nn1. The highest BCUT2D eigenvalue weighted by Crippen LogP contribution is 2.37. The van der Waals surface area contributed by atoms with E-state index < -0.39 is 0 Å². The summed E-state index contributed by atoms with van der Waals surface area (Å²) in [6, 6.07) is 11.1. The molecule has 26 heavy (non-hydrogen) atoms. The number of carbonyl (C=O) groups excluding carboxylic acids is 1. The first kappa shape index (κ1) is 16.0. The van der Waals surface area contributed by atoms with Crippen LogP contribution >= 0.6 is 0 Å². The average molecular weight is 351 g/mol. The number of hydrogen-bond acceptors (Lipinski definition) is 4. The van der Waals surface area contributed by atoms with E-state index in [9.17, 15) is 4.79 Å². The molecule has 0 radical (unpaired) electrons. The number of nitrogens with zero attached hydrogens (tertiary/aromatic N) is 4. The van der Waals surface area contributed by atoms with Crippen molar-refractivity contribution >= 4 is 5.91 Å². The van der Waals surface area contributed by atoms with Gasteiger partial charge in [-0.05, 0) is 38.1 Å². The van der Waals surface area contributed by atoms with Gasteiger partial charge in [0.1, 0.15) is 5.69 Å². The molecule has 4 fully saturated rings. The Kier molecular flexibility index (Phi) is 4.00. The van der Waals surface area contributed by atoms with E-state index in [1.54, 1.807) is 0 Å². The van der Waals surface area contributed by atoms with Gasteiger partial charge in [0, 0.05) is 24.2 Å². The Hall–Kier alpha value is -2.21. The van der Waals surface area contributed by atoms with Crippen molar-refractivity contribution in [2.75, 3.05) is 13.1 Å². The maximum atomic E-state index is 12.5. The molecule has 1 amide bonds. The summed E-state index contributed by atoms with van der Waals surface area (Å²) < 4.78 is 1.97. The third-order valence-electron chi connectivity index (χ3n) is 6.15. The van der Waals surface area contributed by atoms with Gasteiger partial charge in [0.15, 0.2) is 0 Å². The molecule has 6 rings (SSSR count). The molecule has 1 aliphatic carbocycles. The van der Waals surface area contributed by atoms with Gasteiger partial charge in [0.2, 0.25) is 5.91 Å². The summed E-state index contributed by atoms with van der Waals surface area (Å²) in [5.41, 5.74) is 2.02. The maximum absolute atomic E-state index is 12.5. The van der Waals surface area contributed by atoms with Crippen molar-refractivity contribution in [1.29, 1.82) is 0 Å².